The van der Waals surface area contributed by atoms with E-state index >= 15 is 0 Å². The first-order chi connectivity index (χ1) is 13.9. The molecule has 0 aliphatic rings. The van der Waals surface area contributed by atoms with Crippen LogP contribution in [0.2, 0.25) is 5.02 Å². The maximum absolute atomic E-state index is 13.3. The summed E-state index contributed by atoms with van der Waals surface area (Å²) >= 11 is 5.72. The van der Waals surface area contributed by atoms with Crippen LogP contribution in [0.25, 0.3) is 0 Å². The number of carbonyl (C=O) groups excluding carboxylic acids is 1. The molecule has 3 aromatic rings. The topological polar surface area (TPSA) is 97.7 Å². The Hall–Kier alpha value is -3.58. The quantitative estimate of drug-likeness (QED) is 0.628. The molecule has 0 bridgehead atoms. The second-order valence-electron chi connectivity index (χ2n) is 5.77. The van der Waals surface area contributed by atoms with Crippen molar-refractivity contribution < 1.29 is 18.0 Å². The third-order valence-corrected chi connectivity index (χ3v) is 4.09. The molecular weight excluding hydrogens is 409 g/mol. The van der Waals surface area contributed by atoms with Crippen molar-refractivity contribution in [1.82, 2.24) is 15.2 Å². The first kappa shape index (κ1) is 20.2. The third-order valence-electron chi connectivity index (χ3n) is 3.80. The van der Waals surface area contributed by atoms with E-state index in [9.17, 15) is 18.0 Å². The zero-order valence-electron chi connectivity index (χ0n) is 14.5. The molecule has 0 saturated carbocycles. The molecule has 0 unspecified atom stereocenters. The number of aromatic amines is 1. The molecule has 0 aliphatic carbocycles. The maximum atomic E-state index is 13.3. The van der Waals surface area contributed by atoms with E-state index in [0.717, 1.165) is 12.1 Å². The number of urea groups is 1. The lowest BCUT2D eigenvalue weighted by atomic mass is 10.2. The number of hydrogen-bond acceptors (Lipinski definition) is 4. The van der Waals surface area contributed by atoms with Gasteiger partial charge in [-0.15, -0.1) is 0 Å². The van der Waals surface area contributed by atoms with E-state index in [2.05, 4.69) is 20.5 Å². The van der Waals surface area contributed by atoms with Gasteiger partial charge in [0.1, 0.15) is 23.3 Å². The molecule has 0 spiro atoms. The van der Waals surface area contributed by atoms with E-state index in [-0.39, 0.29) is 40.0 Å². The van der Waals surface area contributed by atoms with Crippen LogP contribution in [0, 0.1) is 17.1 Å². The number of nitrogens with one attached hydrogen (secondary N) is 2. The Kier molecular flexibility index (Phi) is 5.99. The normalized spacial score (nSPS) is 10.6. The lowest BCUT2D eigenvalue weighted by Gasteiger charge is -2.22. The zero-order chi connectivity index (χ0) is 21.0. The van der Waals surface area contributed by atoms with Crippen molar-refractivity contribution in [2.45, 2.75) is 13.0 Å². The first-order valence-electron chi connectivity index (χ1n) is 8.09. The summed E-state index contributed by atoms with van der Waals surface area (Å²) in [7, 11) is 0. The van der Waals surface area contributed by atoms with Gasteiger partial charge in [-0.1, -0.05) is 11.6 Å². The molecular formula is C18H12ClF3N6O. The fourth-order valence-corrected chi connectivity index (χ4v) is 2.57. The van der Waals surface area contributed by atoms with Gasteiger partial charge in [0.15, 0.2) is 0 Å². The Labute approximate surface area is 167 Å². The molecule has 1 aromatic carbocycles. The fraction of sp³-hybridized carbons (Fsp3) is 0.111. The van der Waals surface area contributed by atoms with Gasteiger partial charge in [-0.2, -0.15) is 10.4 Å². The summed E-state index contributed by atoms with van der Waals surface area (Å²) in [6.45, 7) is -0.169. The second-order valence-corrected chi connectivity index (χ2v) is 6.18. The van der Waals surface area contributed by atoms with Crippen molar-refractivity contribution in [3.05, 3.63) is 70.5 Å². The summed E-state index contributed by atoms with van der Waals surface area (Å²) in [5.74, 6) is -0.645. The molecule has 2 aromatic heterocycles. The summed E-state index contributed by atoms with van der Waals surface area (Å²) in [4.78, 5) is 17.9. The largest absolute Gasteiger partial charge is 0.326 e. The fourth-order valence-electron chi connectivity index (χ4n) is 2.39. The number of H-pyrrole nitrogens is 1. The first-order valence-corrected chi connectivity index (χ1v) is 8.47. The van der Waals surface area contributed by atoms with Gasteiger partial charge in [0, 0.05) is 5.69 Å². The van der Waals surface area contributed by atoms with Crippen molar-refractivity contribution >= 4 is 29.0 Å². The highest BCUT2D eigenvalue weighted by molar-refractivity contribution is 6.31. The number of amides is 2. The summed E-state index contributed by atoms with van der Waals surface area (Å²) in [6.07, 6.45) is -1.45. The number of nitriles is 1. The number of nitrogens with zero attached hydrogens (tertiary/aromatic N) is 4. The maximum Gasteiger partial charge on any atom is 0.326 e. The summed E-state index contributed by atoms with van der Waals surface area (Å²) in [5, 5.41) is 17.2. The van der Waals surface area contributed by atoms with Crippen LogP contribution in [0.5, 0.6) is 0 Å². The van der Waals surface area contributed by atoms with Gasteiger partial charge in [0.25, 0.3) is 6.43 Å². The molecule has 7 nitrogen and oxygen atoms in total. The summed E-state index contributed by atoms with van der Waals surface area (Å²) in [6, 6.07) is 8.84. The molecule has 0 radical (unpaired) electrons. The molecule has 0 atom stereocenters. The Morgan fingerprint density at radius 2 is 2.10 bits per heavy atom. The van der Waals surface area contributed by atoms with E-state index < -0.39 is 18.3 Å². The molecule has 0 aliphatic heterocycles. The molecule has 11 heteroatoms. The van der Waals surface area contributed by atoms with Gasteiger partial charge in [-0.25, -0.2) is 22.9 Å². The average Bonchev–Trinajstić information content (AvgIpc) is 3.18. The molecule has 0 saturated heterocycles. The minimum Gasteiger partial charge on any atom is -0.307 e. The van der Waals surface area contributed by atoms with E-state index in [1.54, 1.807) is 0 Å². The molecule has 3 rings (SSSR count). The van der Waals surface area contributed by atoms with Gasteiger partial charge in [-0.05, 0) is 36.4 Å². The highest BCUT2D eigenvalue weighted by atomic mass is 35.5. The van der Waals surface area contributed by atoms with Crippen LogP contribution in [0.15, 0.2) is 42.6 Å². The molecule has 2 amide bonds. The second kappa shape index (κ2) is 8.62. The van der Waals surface area contributed by atoms with Crippen LogP contribution in [0.4, 0.5) is 29.3 Å². The van der Waals surface area contributed by atoms with Crippen LogP contribution in [-0.4, -0.2) is 21.2 Å². The van der Waals surface area contributed by atoms with Crippen molar-refractivity contribution in [3.8, 4) is 6.07 Å². The summed E-state index contributed by atoms with van der Waals surface area (Å²) < 4.78 is 38.9. The number of carbonyl (C=O) groups is 1. The number of pyridine rings is 1. The standard InChI is InChI=1S/C18H12ClF3N6O/c19-14-5-10(2-4-15(14)20)25-18(29)28(13-3-1-11(7-23)24-8-13)9-12-6-16(17(21)22)27-26-12/h1-6,8,17H,9H2,(H,25,29)(H,26,27). The Bertz CT molecular complexity index is 1060. The number of benzene rings is 1. The van der Waals surface area contributed by atoms with E-state index in [1.807, 2.05) is 6.07 Å². The minimum absolute atomic E-state index is 0.138. The molecule has 148 valence electrons. The van der Waals surface area contributed by atoms with Gasteiger partial charge in [0.2, 0.25) is 0 Å². The predicted molar refractivity (Wildman–Crippen MR) is 99.1 cm³/mol. The number of rotatable bonds is 5. The van der Waals surface area contributed by atoms with E-state index in [1.165, 1.54) is 35.4 Å². The van der Waals surface area contributed by atoms with Crippen LogP contribution in [0.1, 0.15) is 23.5 Å². The lowest BCUT2D eigenvalue weighted by Crippen LogP contribution is -2.34. The van der Waals surface area contributed by atoms with E-state index in [4.69, 9.17) is 16.9 Å². The molecule has 2 N–H and O–H groups in total. The SMILES string of the molecule is N#Cc1ccc(N(Cc2cc(C(F)F)[nH]n2)C(=O)Nc2ccc(F)c(Cl)c2)cn1. The number of aromatic nitrogens is 3. The van der Waals surface area contributed by atoms with Crippen LogP contribution in [0.3, 0.4) is 0 Å². The predicted octanol–water partition coefficient (Wildman–Crippen LogP) is 4.65. The van der Waals surface area contributed by atoms with Crippen molar-refractivity contribution in [3.63, 3.8) is 0 Å². The monoisotopic (exact) mass is 420 g/mol. The third kappa shape index (κ3) is 4.83. The number of anilines is 2. The highest BCUT2D eigenvalue weighted by Gasteiger charge is 2.20. The zero-order valence-corrected chi connectivity index (χ0v) is 15.3. The Morgan fingerprint density at radius 3 is 2.69 bits per heavy atom. The van der Waals surface area contributed by atoms with Crippen LogP contribution in [-0.2, 0) is 6.54 Å². The van der Waals surface area contributed by atoms with Gasteiger partial charge < -0.3 is 5.32 Å². The van der Waals surface area contributed by atoms with E-state index in [0.29, 0.717) is 0 Å². The van der Waals surface area contributed by atoms with Crippen molar-refractivity contribution in [1.29, 1.82) is 5.26 Å². The van der Waals surface area contributed by atoms with Gasteiger partial charge in [0.05, 0.1) is 29.1 Å². The Balaban J connectivity index is 1.88. The smallest absolute Gasteiger partial charge is 0.307 e. The Morgan fingerprint density at radius 1 is 1.31 bits per heavy atom. The highest BCUT2D eigenvalue weighted by Crippen LogP contribution is 2.23. The van der Waals surface area contributed by atoms with Crippen LogP contribution < -0.4 is 10.2 Å². The molecule has 0 fully saturated rings. The minimum atomic E-state index is -2.74. The number of hydrogen-bond donors (Lipinski definition) is 2. The number of halogens is 4. The average molecular weight is 421 g/mol. The number of alkyl halides is 2. The molecule has 2 heterocycles. The van der Waals surface area contributed by atoms with Crippen molar-refractivity contribution in [2.75, 3.05) is 10.2 Å². The molecule has 29 heavy (non-hydrogen) atoms. The van der Waals surface area contributed by atoms with Crippen LogP contribution >= 0.6 is 11.6 Å². The lowest BCUT2D eigenvalue weighted by molar-refractivity contribution is 0.146. The van der Waals surface area contributed by atoms with Crippen molar-refractivity contribution in [2.24, 2.45) is 0 Å². The van der Waals surface area contributed by atoms with Gasteiger partial charge in [-0.3, -0.25) is 10.00 Å². The van der Waals surface area contributed by atoms with Gasteiger partial charge >= 0.3 is 6.03 Å². The summed E-state index contributed by atoms with van der Waals surface area (Å²) in [5.41, 5.74) is 0.444.